The number of ether oxygens (including phenoxy) is 2. The molecule has 32 heavy (non-hydrogen) atoms. The molecule has 0 radical (unpaired) electrons. The van der Waals surface area contributed by atoms with E-state index in [1.807, 2.05) is 48.5 Å². The topological polar surface area (TPSA) is 92.3 Å². The summed E-state index contributed by atoms with van der Waals surface area (Å²) in [5.41, 5.74) is 1.42. The molecule has 1 unspecified atom stereocenters. The Morgan fingerprint density at radius 2 is 2.09 bits per heavy atom. The number of hydrogen-bond donors (Lipinski definition) is 0. The number of para-hydroxylation sites is 1. The third-order valence-corrected chi connectivity index (χ3v) is 6.32. The standard InChI is InChI=1S/C23H22N4O4S/c1-29-16-7-4-6-15(12-16)21-25-20(31-26-21)14-32-23-24-19-10-3-2-9-18(19)22(28)27(23)13-17-8-5-11-30-17/h2-4,6-7,9-10,12,17H,5,8,11,13-14H2,1H3. The van der Waals surface area contributed by atoms with E-state index in [0.717, 1.165) is 30.8 Å². The van der Waals surface area contributed by atoms with Gasteiger partial charge in [0.15, 0.2) is 5.16 Å². The minimum Gasteiger partial charge on any atom is -0.497 e. The van der Waals surface area contributed by atoms with Crippen molar-refractivity contribution in [3.8, 4) is 17.1 Å². The Morgan fingerprint density at radius 1 is 1.19 bits per heavy atom. The van der Waals surface area contributed by atoms with Crippen molar-refractivity contribution >= 4 is 22.7 Å². The average Bonchev–Trinajstić information content (AvgIpc) is 3.52. The minimum absolute atomic E-state index is 0.0260. The number of aromatic nitrogens is 4. The average molecular weight is 451 g/mol. The van der Waals surface area contributed by atoms with Gasteiger partial charge in [-0.3, -0.25) is 9.36 Å². The Labute approximate surface area is 188 Å². The van der Waals surface area contributed by atoms with Crippen LogP contribution in [-0.4, -0.2) is 39.5 Å². The van der Waals surface area contributed by atoms with Crippen molar-refractivity contribution in [1.29, 1.82) is 0 Å². The fourth-order valence-corrected chi connectivity index (χ4v) is 4.58. The first-order chi connectivity index (χ1) is 15.7. The molecule has 0 N–H and O–H groups in total. The molecule has 4 aromatic rings. The summed E-state index contributed by atoms with van der Waals surface area (Å²) < 4.78 is 18.2. The predicted molar refractivity (Wildman–Crippen MR) is 121 cm³/mol. The summed E-state index contributed by atoms with van der Waals surface area (Å²) in [5, 5.41) is 5.30. The first kappa shape index (κ1) is 20.7. The highest BCUT2D eigenvalue weighted by Crippen LogP contribution is 2.26. The summed E-state index contributed by atoms with van der Waals surface area (Å²) in [6.07, 6.45) is 1.98. The highest BCUT2D eigenvalue weighted by Gasteiger charge is 2.21. The lowest BCUT2D eigenvalue weighted by Crippen LogP contribution is -2.28. The van der Waals surface area contributed by atoms with Gasteiger partial charge in [-0.15, -0.1) is 0 Å². The SMILES string of the molecule is COc1cccc(-c2noc(CSc3nc4ccccc4c(=O)n3CC3CCCO3)n2)c1. The second kappa shape index (κ2) is 9.13. The molecule has 5 rings (SSSR count). The van der Waals surface area contributed by atoms with E-state index in [1.54, 1.807) is 11.7 Å². The quantitative estimate of drug-likeness (QED) is 0.309. The summed E-state index contributed by atoms with van der Waals surface area (Å²) in [7, 11) is 1.62. The second-order valence-corrected chi connectivity index (χ2v) is 8.44. The van der Waals surface area contributed by atoms with Crippen molar-refractivity contribution in [1.82, 2.24) is 19.7 Å². The number of rotatable bonds is 7. The van der Waals surface area contributed by atoms with Gasteiger partial charge in [0, 0.05) is 12.2 Å². The summed E-state index contributed by atoms with van der Waals surface area (Å²) in [5.74, 6) is 2.07. The van der Waals surface area contributed by atoms with Crippen LogP contribution in [0.4, 0.5) is 0 Å². The van der Waals surface area contributed by atoms with Crippen molar-refractivity contribution in [2.45, 2.75) is 36.4 Å². The highest BCUT2D eigenvalue weighted by atomic mass is 32.2. The fraction of sp³-hybridized carbons (Fsp3) is 0.304. The third-order valence-electron chi connectivity index (χ3n) is 5.36. The molecule has 0 amide bonds. The van der Waals surface area contributed by atoms with E-state index >= 15 is 0 Å². The molecule has 0 saturated carbocycles. The van der Waals surface area contributed by atoms with E-state index < -0.39 is 0 Å². The van der Waals surface area contributed by atoms with Gasteiger partial charge in [-0.1, -0.05) is 41.2 Å². The Kier molecular flexibility index (Phi) is 5.91. The molecule has 3 heterocycles. The first-order valence-electron chi connectivity index (χ1n) is 10.4. The lowest BCUT2D eigenvalue weighted by Gasteiger charge is -2.16. The van der Waals surface area contributed by atoms with Crippen LogP contribution in [0.2, 0.25) is 0 Å². The number of hydrogen-bond acceptors (Lipinski definition) is 8. The molecule has 2 aromatic heterocycles. The zero-order chi connectivity index (χ0) is 21.9. The van der Waals surface area contributed by atoms with Gasteiger partial charge < -0.3 is 14.0 Å². The smallest absolute Gasteiger partial charge is 0.262 e. The number of fused-ring (bicyclic) bond motifs is 1. The van der Waals surface area contributed by atoms with Gasteiger partial charge in [0.1, 0.15) is 5.75 Å². The number of methoxy groups -OCH3 is 1. The summed E-state index contributed by atoms with van der Waals surface area (Å²) in [6, 6.07) is 14.9. The zero-order valence-electron chi connectivity index (χ0n) is 17.6. The maximum atomic E-state index is 13.2. The Bertz CT molecular complexity index is 1300. The van der Waals surface area contributed by atoms with E-state index in [-0.39, 0.29) is 11.7 Å². The van der Waals surface area contributed by atoms with Crippen molar-refractivity contribution < 1.29 is 14.0 Å². The highest BCUT2D eigenvalue weighted by molar-refractivity contribution is 7.98. The molecule has 1 saturated heterocycles. The van der Waals surface area contributed by atoms with Crippen molar-refractivity contribution in [3.63, 3.8) is 0 Å². The number of nitrogens with zero attached hydrogens (tertiary/aromatic N) is 4. The number of benzene rings is 2. The van der Waals surface area contributed by atoms with Crippen LogP contribution in [0.25, 0.3) is 22.3 Å². The van der Waals surface area contributed by atoms with Gasteiger partial charge in [0.25, 0.3) is 5.56 Å². The molecule has 1 aliphatic heterocycles. The van der Waals surface area contributed by atoms with Crippen LogP contribution in [0, 0.1) is 0 Å². The Morgan fingerprint density at radius 3 is 2.94 bits per heavy atom. The molecule has 2 aromatic carbocycles. The van der Waals surface area contributed by atoms with Gasteiger partial charge >= 0.3 is 0 Å². The lowest BCUT2D eigenvalue weighted by atomic mass is 10.2. The Hall–Kier alpha value is -3.17. The summed E-state index contributed by atoms with van der Waals surface area (Å²) in [4.78, 5) is 22.4. The van der Waals surface area contributed by atoms with Crippen LogP contribution >= 0.6 is 11.8 Å². The maximum Gasteiger partial charge on any atom is 0.262 e. The molecular formula is C23H22N4O4S. The van der Waals surface area contributed by atoms with Crippen molar-refractivity contribution in [3.05, 3.63) is 64.8 Å². The second-order valence-electron chi connectivity index (χ2n) is 7.49. The molecule has 9 heteroatoms. The summed E-state index contributed by atoms with van der Waals surface area (Å²) in [6.45, 7) is 1.22. The van der Waals surface area contributed by atoms with Crippen molar-refractivity contribution in [2.75, 3.05) is 13.7 Å². The third kappa shape index (κ3) is 4.26. The first-order valence-corrected chi connectivity index (χ1v) is 11.4. The van der Waals surface area contributed by atoms with E-state index in [9.17, 15) is 4.79 Å². The van der Waals surface area contributed by atoms with E-state index in [0.29, 0.717) is 40.1 Å². The van der Waals surface area contributed by atoms with Crippen LogP contribution in [0.15, 0.2) is 63.0 Å². The van der Waals surface area contributed by atoms with Crippen LogP contribution in [0.1, 0.15) is 18.7 Å². The van der Waals surface area contributed by atoms with Crippen LogP contribution in [-0.2, 0) is 17.0 Å². The molecule has 1 aliphatic rings. The lowest BCUT2D eigenvalue weighted by molar-refractivity contribution is 0.0937. The van der Waals surface area contributed by atoms with Crippen LogP contribution < -0.4 is 10.3 Å². The molecule has 0 bridgehead atoms. The van der Waals surface area contributed by atoms with Crippen LogP contribution in [0.5, 0.6) is 5.75 Å². The van der Waals surface area contributed by atoms with Crippen LogP contribution in [0.3, 0.4) is 0 Å². The fourth-order valence-electron chi connectivity index (χ4n) is 3.73. The van der Waals surface area contributed by atoms with E-state index in [4.69, 9.17) is 19.0 Å². The van der Waals surface area contributed by atoms with E-state index in [2.05, 4.69) is 10.1 Å². The normalized spacial score (nSPS) is 16.0. The molecule has 0 spiro atoms. The number of thioether (sulfide) groups is 1. The van der Waals surface area contributed by atoms with Gasteiger partial charge in [0.2, 0.25) is 11.7 Å². The summed E-state index contributed by atoms with van der Waals surface area (Å²) >= 11 is 1.40. The molecule has 1 fully saturated rings. The molecule has 164 valence electrons. The van der Waals surface area contributed by atoms with Gasteiger partial charge in [-0.05, 0) is 37.1 Å². The predicted octanol–water partition coefficient (Wildman–Crippen LogP) is 3.93. The Balaban J connectivity index is 1.41. The molecule has 0 aliphatic carbocycles. The zero-order valence-corrected chi connectivity index (χ0v) is 18.4. The maximum absolute atomic E-state index is 13.2. The molecule has 8 nitrogen and oxygen atoms in total. The van der Waals surface area contributed by atoms with E-state index in [1.165, 1.54) is 11.8 Å². The van der Waals surface area contributed by atoms with Gasteiger partial charge in [-0.2, -0.15) is 4.98 Å². The van der Waals surface area contributed by atoms with Crippen molar-refractivity contribution in [2.24, 2.45) is 0 Å². The van der Waals surface area contributed by atoms with Gasteiger partial charge in [-0.25, -0.2) is 4.98 Å². The minimum atomic E-state index is -0.0591. The monoisotopic (exact) mass is 450 g/mol. The molecular weight excluding hydrogens is 428 g/mol. The van der Waals surface area contributed by atoms with Gasteiger partial charge in [0.05, 0.1) is 36.4 Å². The molecule has 1 atom stereocenters. The largest absolute Gasteiger partial charge is 0.497 e.